The van der Waals surface area contributed by atoms with Crippen LogP contribution in [0.2, 0.25) is 5.02 Å². The molecule has 0 aliphatic carbocycles. The van der Waals surface area contributed by atoms with Crippen molar-refractivity contribution in [3.8, 4) is 6.07 Å². The fourth-order valence-corrected chi connectivity index (χ4v) is 3.37. The first-order chi connectivity index (χ1) is 14.2. The summed E-state index contributed by atoms with van der Waals surface area (Å²) in [7, 11) is 1.61. The lowest BCUT2D eigenvalue weighted by molar-refractivity contribution is -0.137. The highest BCUT2D eigenvalue weighted by Crippen LogP contribution is 2.36. The average Bonchev–Trinajstić information content (AvgIpc) is 2.80. The first-order valence-electron chi connectivity index (χ1n) is 8.67. The van der Waals surface area contributed by atoms with Crippen molar-refractivity contribution in [2.45, 2.75) is 12.2 Å². The largest absolute Gasteiger partial charge is 0.509 e. The molecule has 10 heteroatoms. The lowest BCUT2D eigenvalue weighted by Crippen LogP contribution is -2.38. The van der Waals surface area contributed by atoms with Crippen molar-refractivity contribution in [2.75, 3.05) is 12.1 Å². The van der Waals surface area contributed by atoms with E-state index in [-0.39, 0.29) is 22.8 Å². The third-order valence-corrected chi connectivity index (χ3v) is 4.93. The van der Waals surface area contributed by atoms with Gasteiger partial charge in [-0.3, -0.25) is 5.01 Å². The molecule has 4 rings (SSSR count). The Kier molecular flexibility index (Phi) is 4.76. The quantitative estimate of drug-likeness (QED) is 0.576. The number of benzene rings is 2. The van der Waals surface area contributed by atoms with Crippen LogP contribution in [0.15, 0.2) is 48.2 Å². The highest BCUT2D eigenvalue weighted by Gasteiger charge is 2.33. The maximum Gasteiger partial charge on any atom is 0.416 e. The number of alkyl halides is 3. The van der Waals surface area contributed by atoms with Crippen LogP contribution < -0.4 is 10.4 Å². The molecular weight excluding hydrogens is 419 g/mol. The molecule has 0 amide bonds. The number of anilines is 1. The van der Waals surface area contributed by atoms with E-state index >= 15 is 0 Å². The van der Waals surface area contributed by atoms with E-state index in [4.69, 9.17) is 11.6 Å². The zero-order chi connectivity index (χ0) is 21.6. The minimum Gasteiger partial charge on any atom is -0.509 e. The number of rotatable bonds is 1. The van der Waals surface area contributed by atoms with Gasteiger partial charge in [0.15, 0.2) is 5.82 Å². The predicted molar refractivity (Wildman–Crippen MR) is 105 cm³/mol. The number of fused-ring (bicyclic) bond motifs is 2. The number of aliphatic hydroxyl groups excluding tert-OH is 1. The maximum absolute atomic E-state index is 12.9. The second-order valence-electron chi connectivity index (χ2n) is 6.64. The van der Waals surface area contributed by atoms with Gasteiger partial charge in [0.25, 0.3) is 0 Å². The van der Waals surface area contributed by atoms with Crippen LogP contribution in [0.1, 0.15) is 22.9 Å². The van der Waals surface area contributed by atoms with Gasteiger partial charge in [-0.2, -0.15) is 18.4 Å². The molecule has 1 aliphatic rings. The second kappa shape index (κ2) is 7.16. The molecule has 2 aromatic carbocycles. The molecule has 0 bridgehead atoms. The molecule has 2 heterocycles. The summed E-state index contributed by atoms with van der Waals surface area (Å²) < 4.78 is 38.6. The van der Waals surface area contributed by atoms with Crippen molar-refractivity contribution in [1.29, 1.82) is 5.26 Å². The van der Waals surface area contributed by atoms with Crippen molar-refractivity contribution < 1.29 is 18.3 Å². The molecule has 3 aromatic rings. The molecule has 1 aromatic heterocycles. The summed E-state index contributed by atoms with van der Waals surface area (Å²) in [6.07, 6.45) is -4.48. The number of nitriles is 1. The Balaban J connectivity index is 1.86. The zero-order valence-corrected chi connectivity index (χ0v) is 16.1. The molecule has 0 radical (unpaired) electrons. The van der Waals surface area contributed by atoms with Crippen molar-refractivity contribution in [1.82, 2.24) is 15.4 Å². The van der Waals surface area contributed by atoms with Crippen LogP contribution >= 0.6 is 11.6 Å². The van der Waals surface area contributed by atoms with Crippen LogP contribution in [0.5, 0.6) is 0 Å². The van der Waals surface area contributed by atoms with E-state index in [1.54, 1.807) is 25.2 Å². The number of hydrogen-bond donors (Lipinski definition) is 2. The van der Waals surface area contributed by atoms with E-state index in [2.05, 4.69) is 15.4 Å². The predicted octanol–water partition coefficient (Wildman–Crippen LogP) is 4.79. The number of nitrogens with one attached hydrogen (secondary N) is 1. The summed E-state index contributed by atoms with van der Waals surface area (Å²) >= 11 is 6.01. The van der Waals surface area contributed by atoms with Crippen LogP contribution in [0.4, 0.5) is 19.0 Å². The van der Waals surface area contributed by atoms with E-state index in [9.17, 15) is 23.5 Å². The van der Waals surface area contributed by atoms with Gasteiger partial charge in [0, 0.05) is 12.1 Å². The number of aromatic nitrogens is 2. The van der Waals surface area contributed by atoms with Crippen molar-refractivity contribution in [3.63, 3.8) is 0 Å². The summed E-state index contributed by atoms with van der Waals surface area (Å²) in [6, 6.07) is 10.2. The van der Waals surface area contributed by atoms with Gasteiger partial charge in [0.1, 0.15) is 29.1 Å². The lowest BCUT2D eigenvalue weighted by atomic mass is 10.00. The molecular formula is C20H13ClF3N5O. The summed E-state index contributed by atoms with van der Waals surface area (Å²) in [6.45, 7) is 0. The average molecular weight is 432 g/mol. The van der Waals surface area contributed by atoms with Gasteiger partial charge in [0.05, 0.1) is 16.6 Å². The first-order valence-corrected chi connectivity index (χ1v) is 9.05. The number of nitrogens with zero attached hydrogens (tertiary/aromatic N) is 4. The molecule has 0 fully saturated rings. The SMILES string of the molecule is CN1NC(c2ccc(C(F)(F)F)cc2)C(O)=C(C#N)c2nc3cc(Cl)ccc3nc21. The standard InChI is InChI=1S/C20H13ClF3N5O/c1-29-19-17(26-15-8-12(21)6-7-14(15)27-19)13(9-25)18(30)16(28-29)10-2-4-11(5-3-10)20(22,23)24/h2-8,16,28,30H,1H3. The first kappa shape index (κ1) is 19.9. The molecule has 0 saturated heterocycles. The molecule has 1 atom stereocenters. The van der Waals surface area contributed by atoms with Gasteiger partial charge < -0.3 is 5.11 Å². The Hall–Kier alpha value is -3.35. The van der Waals surface area contributed by atoms with E-state index in [1.807, 2.05) is 6.07 Å². The van der Waals surface area contributed by atoms with Crippen molar-refractivity contribution in [2.24, 2.45) is 0 Å². The zero-order valence-electron chi connectivity index (χ0n) is 15.4. The summed E-state index contributed by atoms with van der Waals surface area (Å²) in [4.78, 5) is 8.95. The highest BCUT2D eigenvalue weighted by atomic mass is 35.5. The van der Waals surface area contributed by atoms with Gasteiger partial charge in [-0.1, -0.05) is 23.7 Å². The molecule has 0 saturated carbocycles. The topological polar surface area (TPSA) is 85.1 Å². The molecule has 6 nitrogen and oxygen atoms in total. The van der Waals surface area contributed by atoms with Gasteiger partial charge in [-0.05, 0) is 35.9 Å². The Morgan fingerprint density at radius 3 is 2.47 bits per heavy atom. The van der Waals surface area contributed by atoms with Gasteiger partial charge in [0.2, 0.25) is 0 Å². The van der Waals surface area contributed by atoms with E-state index in [0.717, 1.165) is 12.1 Å². The molecule has 1 unspecified atom stereocenters. The Bertz CT molecular complexity index is 1220. The van der Waals surface area contributed by atoms with Crippen molar-refractivity contribution >= 4 is 34.0 Å². The normalized spacial score (nSPS) is 16.9. The van der Waals surface area contributed by atoms with E-state index < -0.39 is 17.8 Å². The molecule has 30 heavy (non-hydrogen) atoms. The Morgan fingerprint density at radius 1 is 1.13 bits per heavy atom. The molecule has 2 N–H and O–H groups in total. The fourth-order valence-electron chi connectivity index (χ4n) is 3.21. The second-order valence-corrected chi connectivity index (χ2v) is 7.08. The maximum atomic E-state index is 12.9. The Morgan fingerprint density at radius 2 is 1.83 bits per heavy atom. The minimum absolute atomic E-state index is 0.133. The molecule has 152 valence electrons. The third kappa shape index (κ3) is 3.40. The van der Waals surface area contributed by atoms with E-state index in [1.165, 1.54) is 17.1 Å². The fraction of sp³-hybridized carbons (Fsp3) is 0.150. The van der Waals surface area contributed by atoms with Crippen LogP contribution in [0, 0.1) is 11.3 Å². The van der Waals surface area contributed by atoms with E-state index in [0.29, 0.717) is 21.6 Å². The molecule has 1 aliphatic heterocycles. The number of hydrazine groups is 1. The smallest absolute Gasteiger partial charge is 0.416 e. The van der Waals surface area contributed by atoms with Crippen LogP contribution in [0.25, 0.3) is 16.6 Å². The lowest BCUT2D eigenvalue weighted by Gasteiger charge is -2.25. The Labute approximate surface area is 173 Å². The van der Waals surface area contributed by atoms with Gasteiger partial charge >= 0.3 is 6.18 Å². The van der Waals surface area contributed by atoms with Gasteiger partial charge in [-0.25, -0.2) is 15.4 Å². The third-order valence-electron chi connectivity index (χ3n) is 4.70. The summed E-state index contributed by atoms with van der Waals surface area (Å²) in [5.74, 6) is -0.0964. The number of hydrogen-bond acceptors (Lipinski definition) is 6. The minimum atomic E-state index is -4.48. The van der Waals surface area contributed by atoms with Crippen LogP contribution in [-0.4, -0.2) is 22.1 Å². The van der Waals surface area contributed by atoms with Crippen LogP contribution in [0.3, 0.4) is 0 Å². The molecule has 0 spiro atoms. The van der Waals surface area contributed by atoms with Gasteiger partial charge in [-0.15, -0.1) is 0 Å². The van der Waals surface area contributed by atoms with Crippen LogP contribution in [-0.2, 0) is 6.18 Å². The summed E-state index contributed by atoms with van der Waals surface area (Å²) in [5, 5.41) is 22.4. The number of allylic oxidation sites excluding steroid dienone is 1. The highest BCUT2D eigenvalue weighted by molar-refractivity contribution is 6.31. The summed E-state index contributed by atoms with van der Waals surface area (Å²) in [5.41, 5.74) is 3.44. The number of aliphatic hydroxyl groups is 1. The monoisotopic (exact) mass is 431 g/mol. The number of halogens is 4. The van der Waals surface area contributed by atoms with Crippen molar-refractivity contribution in [3.05, 3.63) is 70.1 Å².